The molecule has 92 valence electrons. The van der Waals surface area contributed by atoms with Crippen LogP contribution in [0.1, 0.15) is 64.7 Å². The van der Waals surface area contributed by atoms with E-state index in [-0.39, 0.29) is 12.2 Å². The molecule has 0 radical (unpaired) electrons. The first-order chi connectivity index (χ1) is 7.81. The summed E-state index contributed by atoms with van der Waals surface area (Å²) in [7, 11) is 0. The Balaban J connectivity index is 3.17. The SMILES string of the molecule is CCCCC=CCCCCCC(=O)CC=O. The van der Waals surface area contributed by atoms with Gasteiger partial charge in [-0.05, 0) is 25.7 Å². The van der Waals surface area contributed by atoms with Crippen molar-refractivity contribution in [2.75, 3.05) is 0 Å². The predicted octanol–water partition coefficient (Wildman–Crippen LogP) is 3.84. The lowest BCUT2D eigenvalue weighted by molar-refractivity contribution is -0.122. The summed E-state index contributed by atoms with van der Waals surface area (Å²) >= 11 is 0. The highest BCUT2D eigenvalue weighted by molar-refractivity contribution is 5.89. The minimum atomic E-state index is 0.0773. The highest BCUT2D eigenvalue weighted by Crippen LogP contribution is 2.06. The van der Waals surface area contributed by atoms with Crippen molar-refractivity contribution in [1.82, 2.24) is 0 Å². The molecule has 0 atom stereocenters. The zero-order valence-electron chi connectivity index (χ0n) is 10.4. The number of allylic oxidation sites excluding steroid dienone is 2. The minimum Gasteiger partial charge on any atom is -0.303 e. The second kappa shape index (κ2) is 12.2. The molecule has 0 spiro atoms. The van der Waals surface area contributed by atoms with Gasteiger partial charge in [-0.25, -0.2) is 0 Å². The first-order valence-electron chi connectivity index (χ1n) is 6.41. The Morgan fingerprint density at radius 1 is 1.00 bits per heavy atom. The van der Waals surface area contributed by atoms with Gasteiger partial charge in [0.15, 0.2) is 0 Å². The fourth-order valence-electron chi connectivity index (χ4n) is 1.51. The number of hydrogen-bond acceptors (Lipinski definition) is 2. The van der Waals surface area contributed by atoms with Gasteiger partial charge in [0.1, 0.15) is 12.1 Å². The number of Topliss-reactive ketones (excluding diaryl/α,β-unsaturated/α-hetero) is 1. The molecule has 2 nitrogen and oxygen atoms in total. The van der Waals surface area contributed by atoms with Crippen LogP contribution in [0.5, 0.6) is 0 Å². The molecule has 0 aliphatic carbocycles. The Labute approximate surface area is 99.1 Å². The molecule has 0 aromatic heterocycles. The van der Waals surface area contributed by atoms with E-state index >= 15 is 0 Å². The second-order valence-corrected chi connectivity index (χ2v) is 4.12. The topological polar surface area (TPSA) is 34.1 Å². The van der Waals surface area contributed by atoms with Crippen molar-refractivity contribution in [1.29, 1.82) is 0 Å². The molecule has 2 heteroatoms. The molecule has 0 aromatic carbocycles. The molecule has 0 aliphatic rings. The average Bonchev–Trinajstić information content (AvgIpc) is 2.27. The van der Waals surface area contributed by atoms with Gasteiger partial charge in [-0.3, -0.25) is 4.79 Å². The van der Waals surface area contributed by atoms with Gasteiger partial charge in [0.2, 0.25) is 0 Å². The van der Waals surface area contributed by atoms with Crippen molar-refractivity contribution in [2.24, 2.45) is 0 Å². The number of aldehydes is 1. The van der Waals surface area contributed by atoms with Gasteiger partial charge in [0.05, 0.1) is 6.42 Å². The van der Waals surface area contributed by atoms with Crippen molar-refractivity contribution < 1.29 is 9.59 Å². The molecule has 0 unspecified atom stereocenters. The van der Waals surface area contributed by atoms with Crippen LogP contribution in [-0.4, -0.2) is 12.1 Å². The lowest BCUT2D eigenvalue weighted by Gasteiger charge is -1.97. The molecule has 0 heterocycles. The van der Waals surface area contributed by atoms with Gasteiger partial charge >= 0.3 is 0 Å². The van der Waals surface area contributed by atoms with Crippen molar-refractivity contribution >= 4 is 12.1 Å². The lowest BCUT2D eigenvalue weighted by Crippen LogP contribution is -1.97. The molecular weight excluding hydrogens is 200 g/mol. The molecule has 16 heavy (non-hydrogen) atoms. The summed E-state index contributed by atoms with van der Waals surface area (Å²) in [6.45, 7) is 2.20. The number of unbranched alkanes of at least 4 members (excludes halogenated alkanes) is 5. The zero-order valence-corrected chi connectivity index (χ0v) is 10.4. The molecule has 0 N–H and O–H groups in total. The number of carbonyl (C=O) groups is 2. The summed E-state index contributed by atoms with van der Waals surface area (Å²) < 4.78 is 0. The minimum absolute atomic E-state index is 0.0773. The van der Waals surface area contributed by atoms with Crippen LogP contribution in [0.15, 0.2) is 12.2 Å². The maximum absolute atomic E-state index is 11.0. The number of hydrogen-bond donors (Lipinski definition) is 0. The normalized spacial score (nSPS) is 10.8. The van der Waals surface area contributed by atoms with Crippen LogP contribution in [0.4, 0.5) is 0 Å². The molecule has 0 bridgehead atoms. The Kier molecular flexibility index (Phi) is 11.5. The predicted molar refractivity (Wildman–Crippen MR) is 67.4 cm³/mol. The third-order valence-corrected chi connectivity index (χ3v) is 2.53. The molecule has 0 saturated heterocycles. The molecular formula is C14H24O2. The van der Waals surface area contributed by atoms with Crippen molar-refractivity contribution in [3.63, 3.8) is 0 Å². The summed E-state index contributed by atoms with van der Waals surface area (Å²) in [5.41, 5.74) is 0. The van der Waals surface area contributed by atoms with Crippen LogP contribution in [0.3, 0.4) is 0 Å². The van der Waals surface area contributed by atoms with Gasteiger partial charge < -0.3 is 4.79 Å². The standard InChI is InChI=1S/C14H24O2/c1-2-3-4-5-6-7-8-9-10-11-14(16)12-13-15/h5-6,13H,2-4,7-12H2,1H3. The maximum Gasteiger partial charge on any atom is 0.139 e. The van der Waals surface area contributed by atoms with E-state index in [0.29, 0.717) is 12.7 Å². The van der Waals surface area contributed by atoms with Crippen LogP contribution >= 0.6 is 0 Å². The van der Waals surface area contributed by atoms with Crippen molar-refractivity contribution in [2.45, 2.75) is 64.7 Å². The monoisotopic (exact) mass is 224 g/mol. The van der Waals surface area contributed by atoms with Gasteiger partial charge in [-0.1, -0.05) is 38.3 Å². The maximum atomic E-state index is 11.0. The van der Waals surface area contributed by atoms with Gasteiger partial charge in [0.25, 0.3) is 0 Å². The lowest BCUT2D eigenvalue weighted by atomic mass is 10.1. The summed E-state index contributed by atoms with van der Waals surface area (Å²) in [6.07, 6.45) is 13.8. The molecule has 0 aromatic rings. The number of carbonyl (C=O) groups excluding carboxylic acids is 2. The summed E-state index contributed by atoms with van der Waals surface area (Å²) in [5, 5.41) is 0. The van der Waals surface area contributed by atoms with E-state index in [1.807, 2.05) is 0 Å². The van der Waals surface area contributed by atoms with E-state index < -0.39 is 0 Å². The largest absolute Gasteiger partial charge is 0.303 e. The van der Waals surface area contributed by atoms with E-state index in [0.717, 1.165) is 25.7 Å². The molecule has 0 aliphatic heterocycles. The Morgan fingerprint density at radius 3 is 2.31 bits per heavy atom. The van der Waals surface area contributed by atoms with Gasteiger partial charge in [-0.15, -0.1) is 0 Å². The van der Waals surface area contributed by atoms with Crippen LogP contribution in [0, 0.1) is 0 Å². The summed E-state index contributed by atoms with van der Waals surface area (Å²) in [4.78, 5) is 21.1. The highest BCUT2D eigenvalue weighted by Gasteiger charge is 1.99. The Hall–Kier alpha value is -0.920. The van der Waals surface area contributed by atoms with Crippen LogP contribution in [0.2, 0.25) is 0 Å². The molecule has 0 amide bonds. The second-order valence-electron chi connectivity index (χ2n) is 4.12. The van der Waals surface area contributed by atoms with E-state index in [4.69, 9.17) is 0 Å². The number of rotatable bonds is 11. The van der Waals surface area contributed by atoms with Crippen LogP contribution in [-0.2, 0) is 9.59 Å². The van der Waals surface area contributed by atoms with Gasteiger partial charge in [0, 0.05) is 6.42 Å². The third-order valence-electron chi connectivity index (χ3n) is 2.53. The third kappa shape index (κ3) is 11.2. The fourth-order valence-corrected chi connectivity index (χ4v) is 1.51. The van der Waals surface area contributed by atoms with Crippen molar-refractivity contribution in [3.8, 4) is 0 Å². The summed E-state index contributed by atoms with van der Waals surface area (Å²) in [5.74, 6) is 0.0773. The van der Waals surface area contributed by atoms with Crippen LogP contribution in [0.25, 0.3) is 0 Å². The molecule has 0 rings (SSSR count). The smallest absolute Gasteiger partial charge is 0.139 e. The average molecular weight is 224 g/mol. The number of ketones is 1. The van der Waals surface area contributed by atoms with E-state index in [1.165, 1.54) is 19.3 Å². The quantitative estimate of drug-likeness (QED) is 0.231. The van der Waals surface area contributed by atoms with E-state index in [1.54, 1.807) is 0 Å². The molecule has 0 fully saturated rings. The zero-order chi connectivity index (χ0) is 12.1. The first-order valence-corrected chi connectivity index (χ1v) is 6.41. The van der Waals surface area contributed by atoms with Crippen LogP contribution < -0.4 is 0 Å². The fraction of sp³-hybridized carbons (Fsp3) is 0.714. The van der Waals surface area contributed by atoms with Gasteiger partial charge in [-0.2, -0.15) is 0 Å². The van der Waals surface area contributed by atoms with E-state index in [9.17, 15) is 9.59 Å². The molecule has 0 saturated carbocycles. The highest BCUT2D eigenvalue weighted by atomic mass is 16.1. The Bertz CT molecular complexity index is 207. The first kappa shape index (κ1) is 15.1. The Morgan fingerprint density at radius 2 is 1.69 bits per heavy atom. The van der Waals surface area contributed by atoms with Crippen molar-refractivity contribution in [3.05, 3.63) is 12.2 Å². The van der Waals surface area contributed by atoms with E-state index in [2.05, 4.69) is 19.1 Å². The summed E-state index contributed by atoms with van der Waals surface area (Å²) in [6, 6.07) is 0.